The summed E-state index contributed by atoms with van der Waals surface area (Å²) in [5.41, 5.74) is 5.54. The number of rotatable bonds is 5. The van der Waals surface area contributed by atoms with Gasteiger partial charge in [-0.25, -0.2) is 0 Å². The largest absolute Gasteiger partial charge is 0.271 e. The third kappa shape index (κ3) is 4.05. The van der Waals surface area contributed by atoms with Crippen molar-refractivity contribution in [2.75, 3.05) is 6.26 Å². The molecule has 2 atom stereocenters. The predicted octanol–water partition coefficient (Wildman–Crippen LogP) is 8.52. The van der Waals surface area contributed by atoms with Crippen LogP contribution in [0, 0.1) is 0 Å². The summed E-state index contributed by atoms with van der Waals surface area (Å²) in [6, 6.07) is 8.86. The average molecular weight is 426 g/mol. The molecule has 1 aliphatic carbocycles. The first kappa shape index (κ1) is 22.1. The van der Waals surface area contributed by atoms with Crippen LogP contribution in [-0.4, -0.2) is 11.8 Å². The highest BCUT2D eigenvalue weighted by Gasteiger charge is 2.43. The Kier molecular flexibility index (Phi) is 6.06. The molecular formula is C26H35NS2. The molecule has 0 fully saturated rings. The minimum atomic E-state index is -1.37. The van der Waals surface area contributed by atoms with Gasteiger partial charge in [0.25, 0.3) is 0 Å². The second kappa shape index (κ2) is 7.94. The highest BCUT2D eigenvalue weighted by atomic mass is 32.3. The van der Waals surface area contributed by atoms with Crippen LogP contribution in [0.5, 0.6) is 0 Å². The molecule has 156 valence electrons. The molecule has 0 spiro atoms. The van der Waals surface area contributed by atoms with E-state index in [0.717, 1.165) is 5.57 Å². The zero-order chi connectivity index (χ0) is 21.6. The molecular weight excluding hydrogens is 390 g/mol. The monoisotopic (exact) mass is 425 g/mol. The molecule has 1 aromatic heterocycles. The summed E-state index contributed by atoms with van der Waals surface area (Å²) >= 11 is 1.98. The zero-order valence-electron chi connectivity index (χ0n) is 19.1. The molecule has 1 heterocycles. The predicted molar refractivity (Wildman–Crippen MR) is 137 cm³/mol. The highest BCUT2D eigenvalue weighted by molar-refractivity contribution is 8.35. The summed E-state index contributed by atoms with van der Waals surface area (Å²) in [7, 11) is -1.37. The third-order valence-electron chi connectivity index (χ3n) is 5.52. The lowest BCUT2D eigenvalue weighted by Crippen LogP contribution is -2.40. The van der Waals surface area contributed by atoms with Crippen LogP contribution in [0.1, 0.15) is 64.2 Å². The number of fused-ring (bicyclic) bond motifs is 3. The Balaban J connectivity index is 2.26. The molecule has 0 radical (unpaired) electrons. The molecule has 2 aromatic rings. The van der Waals surface area contributed by atoms with Crippen LogP contribution in [0.25, 0.3) is 15.7 Å². The summed E-state index contributed by atoms with van der Waals surface area (Å²) in [6.07, 6.45) is 9.18. The van der Waals surface area contributed by atoms with Crippen molar-refractivity contribution in [3.05, 3.63) is 75.6 Å². The van der Waals surface area contributed by atoms with E-state index in [0.29, 0.717) is 5.25 Å². The lowest BCUT2D eigenvalue weighted by molar-refractivity contribution is 0.529. The molecule has 29 heavy (non-hydrogen) atoms. The molecule has 3 heteroatoms. The fraction of sp³-hybridized carbons (Fsp3) is 0.385. The normalized spacial score (nSPS) is 21.0. The van der Waals surface area contributed by atoms with E-state index in [-0.39, 0.29) is 5.54 Å². The summed E-state index contributed by atoms with van der Waals surface area (Å²) in [5.74, 6) is 0. The van der Waals surface area contributed by atoms with Crippen molar-refractivity contribution in [2.24, 2.45) is 0 Å². The van der Waals surface area contributed by atoms with Crippen LogP contribution in [0.15, 0.2) is 65.1 Å². The van der Waals surface area contributed by atoms with Crippen LogP contribution in [-0.2, 0) is 0 Å². The number of hydrogen-bond acceptors (Lipinski definition) is 2. The van der Waals surface area contributed by atoms with E-state index in [1.807, 2.05) is 11.3 Å². The van der Waals surface area contributed by atoms with Gasteiger partial charge in [0.1, 0.15) is 0 Å². The molecule has 0 aliphatic heterocycles. The van der Waals surface area contributed by atoms with Gasteiger partial charge in [0.2, 0.25) is 0 Å². The lowest BCUT2D eigenvalue weighted by atomic mass is 10.1. The van der Waals surface area contributed by atoms with Crippen LogP contribution < -0.4 is 4.72 Å². The van der Waals surface area contributed by atoms with Crippen molar-refractivity contribution in [2.45, 2.75) is 59.3 Å². The fourth-order valence-electron chi connectivity index (χ4n) is 4.39. The van der Waals surface area contributed by atoms with Crippen molar-refractivity contribution in [1.82, 2.24) is 4.72 Å². The Morgan fingerprint density at radius 1 is 1.17 bits per heavy atom. The summed E-state index contributed by atoms with van der Waals surface area (Å²) < 4.78 is 5.49. The van der Waals surface area contributed by atoms with Crippen LogP contribution in [0.2, 0.25) is 0 Å². The second-order valence-electron chi connectivity index (χ2n) is 9.23. The average Bonchev–Trinajstić information content (AvgIpc) is 3.09. The Morgan fingerprint density at radius 3 is 2.41 bits per heavy atom. The van der Waals surface area contributed by atoms with E-state index in [1.54, 1.807) is 0 Å². The van der Waals surface area contributed by atoms with E-state index < -0.39 is 10.2 Å². The van der Waals surface area contributed by atoms with Gasteiger partial charge in [-0.15, -0.1) is 11.3 Å². The SMILES string of the molecule is C=C(C)/C=C\C(=C/C)S(C)(NC(C)(C)C)C1C(C)=C(C)c2c1sc1ccccc21. The Morgan fingerprint density at radius 2 is 1.83 bits per heavy atom. The van der Waals surface area contributed by atoms with Gasteiger partial charge in [-0.2, -0.15) is 10.2 Å². The highest BCUT2D eigenvalue weighted by Crippen LogP contribution is 2.69. The first-order valence-electron chi connectivity index (χ1n) is 10.2. The minimum Gasteiger partial charge on any atom is -0.271 e. The summed E-state index contributed by atoms with van der Waals surface area (Å²) in [4.78, 5) is 2.91. The van der Waals surface area contributed by atoms with Crippen molar-refractivity contribution < 1.29 is 0 Å². The van der Waals surface area contributed by atoms with E-state index >= 15 is 0 Å². The third-order valence-corrected chi connectivity index (χ3v) is 10.8. The van der Waals surface area contributed by atoms with E-state index in [2.05, 4.69) is 109 Å². The quantitative estimate of drug-likeness (QED) is 0.473. The Bertz CT molecular complexity index is 1040. The van der Waals surface area contributed by atoms with Crippen LogP contribution in [0.4, 0.5) is 0 Å². The number of hydrogen-bond donors (Lipinski definition) is 1. The lowest BCUT2D eigenvalue weighted by Gasteiger charge is -2.48. The zero-order valence-corrected chi connectivity index (χ0v) is 20.8. The first-order valence-corrected chi connectivity index (χ1v) is 13.2. The van der Waals surface area contributed by atoms with E-state index in [4.69, 9.17) is 0 Å². The molecule has 0 amide bonds. The van der Waals surface area contributed by atoms with E-state index in [9.17, 15) is 0 Å². The Hall–Kier alpha value is -1.55. The number of nitrogens with one attached hydrogen (secondary N) is 1. The topological polar surface area (TPSA) is 12.0 Å². The van der Waals surface area contributed by atoms with Gasteiger partial charge < -0.3 is 0 Å². The molecule has 0 bridgehead atoms. The molecule has 2 unspecified atom stereocenters. The van der Waals surface area contributed by atoms with Gasteiger partial charge in [0, 0.05) is 26.1 Å². The fourth-order valence-corrected chi connectivity index (χ4v) is 10.5. The molecule has 1 nitrogen and oxygen atoms in total. The van der Waals surface area contributed by atoms with Gasteiger partial charge in [0.05, 0.1) is 5.25 Å². The van der Waals surface area contributed by atoms with Crippen molar-refractivity contribution in [3.8, 4) is 0 Å². The van der Waals surface area contributed by atoms with Gasteiger partial charge in [-0.1, -0.05) is 48.1 Å². The second-order valence-corrected chi connectivity index (χ2v) is 13.4. The molecule has 0 saturated carbocycles. The van der Waals surface area contributed by atoms with Gasteiger partial charge in [-0.05, 0) is 77.3 Å². The maximum absolute atomic E-state index is 4.09. The van der Waals surface area contributed by atoms with E-state index in [1.165, 1.54) is 36.6 Å². The van der Waals surface area contributed by atoms with Gasteiger partial charge in [0.15, 0.2) is 0 Å². The number of thiophene rings is 1. The molecule has 3 rings (SSSR count). The first-order chi connectivity index (χ1) is 13.5. The molecule has 1 N–H and O–H groups in total. The van der Waals surface area contributed by atoms with Gasteiger partial charge >= 0.3 is 0 Å². The smallest absolute Gasteiger partial charge is 0.0605 e. The maximum atomic E-state index is 4.09. The molecule has 1 aliphatic rings. The van der Waals surface area contributed by atoms with Crippen molar-refractivity contribution in [1.29, 1.82) is 0 Å². The van der Waals surface area contributed by atoms with Crippen LogP contribution >= 0.6 is 21.6 Å². The van der Waals surface area contributed by atoms with Gasteiger partial charge in [-0.3, -0.25) is 4.72 Å². The minimum absolute atomic E-state index is 0.0169. The number of benzene rings is 1. The van der Waals surface area contributed by atoms with Crippen molar-refractivity contribution in [3.63, 3.8) is 0 Å². The van der Waals surface area contributed by atoms with Crippen LogP contribution in [0.3, 0.4) is 0 Å². The molecule has 0 saturated heterocycles. The Labute approximate surface area is 182 Å². The summed E-state index contributed by atoms with van der Waals surface area (Å²) in [6.45, 7) is 19.8. The summed E-state index contributed by atoms with van der Waals surface area (Å²) in [5, 5.41) is 1.79. The van der Waals surface area contributed by atoms with Crippen molar-refractivity contribution >= 4 is 37.2 Å². The maximum Gasteiger partial charge on any atom is 0.0605 e. The standard InChI is InChI=1S/C26H35NS2/c1-10-20(16-15-17(2)3)29(9,27-26(6,7)8)25-19(5)18(4)23-21-13-11-12-14-22(21)28-24(23)25/h10-16,25,27H,2H2,1,3-9H3/b16-15-,20-10+. The molecule has 1 aromatic carbocycles. The number of allylic oxidation sites excluding steroid dienone is 5.